The second kappa shape index (κ2) is 6.04. The average molecular weight is 263 g/mol. The number of rotatable bonds is 6. The maximum atomic E-state index is 11.2. The molecule has 0 amide bonds. The molecule has 19 heavy (non-hydrogen) atoms. The van der Waals surface area contributed by atoms with Crippen molar-refractivity contribution >= 4 is 11.0 Å². The van der Waals surface area contributed by atoms with E-state index < -0.39 is 0 Å². The van der Waals surface area contributed by atoms with Crippen LogP contribution in [-0.2, 0) is 6.54 Å². The number of nitrogens with one attached hydrogen (secondary N) is 3. The number of aromatic amines is 2. The highest BCUT2D eigenvalue weighted by Gasteiger charge is 2.11. The molecule has 0 fully saturated rings. The van der Waals surface area contributed by atoms with Crippen LogP contribution in [0.3, 0.4) is 0 Å². The number of hydrogen-bond donors (Lipinski definition) is 4. The lowest BCUT2D eigenvalue weighted by atomic mass is 9.97. The number of H-pyrrole nitrogens is 2. The van der Waals surface area contributed by atoms with E-state index in [4.69, 9.17) is 0 Å². The van der Waals surface area contributed by atoms with Gasteiger partial charge in [-0.25, -0.2) is 4.79 Å². The first-order valence-corrected chi connectivity index (χ1v) is 6.62. The van der Waals surface area contributed by atoms with Gasteiger partial charge in [-0.05, 0) is 29.5 Å². The Labute approximate surface area is 112 Å². The molecule has 0 aliphatic rings. The minimum atomic E-state index is -0.180. The van der Waals surface area contributed by atoms with Gasteiger partial charge in [-0.3, -0.25) is 0 Å². The first kappa shape index (κ1) is 13.8. The Kier molecular flexibility index (Phi) is 4.39. The highest BCUT2D eigenvalue weighted by atomic mass is 16.3. The van der Waals surface area contributed by atoms with Crippen LogP contribution in [-0.4, -0.2) is 28.2 Å². The van der Waals surface area contributed by atoms with Gasteiger partial charge in [0.05, 0.1) is 11.0 Å². The van der Waals surface area contributed by atoms with Gasteiger partial charge in [0.2, 0.25) is 0 Å². The molecule has 0 spiro atoms. The van der Waals surface area contributed by atoms with Crippen LogP contribution < -0.4 is 11.0 Å². The fourth-order valence-corrected chi connectivity index (χ4v) is 2.10. The highest BCUT2D eigenvalue weighted by molar-refractivity contribution is 5.74. The minimum absolute atomic E-state index is 0.180. The molecule has 5 heteroatoms. The fourth-order valence-electron chi connectivity index (χ4n) is 2.10. The molecule has 2 rings (SSSR count). The molecular weight excluding hydrogens is 242 g/mol. The van der Waals surface area contributed by atoms with Crippen LogP contribution in [0.1, 0.15) is 19.4 Å². The van der Waals surface area contributed by atoms with Gasteiger partial charge in [-0.15, -0.1) is 0 Å². The molecule has 0 saturated carbocycles. The lowest BCUT2D eigenvalue weighted by molar-refractivity contribution is 0.186. The van der Waals surface area contributed by atoms with Gasteiger partial charge in [0.1, 0.15) is 0 Å². The van der Waals surface area contributed by atoms with E-state index in [-0.39, 0.29) is 18.2 Å². The summed E-state index contributed by atoms with van der Waals surface area (Å²) >= 11 is 0. The van der Waals surface area contributed by atoms with Crippen molar-refractivity contribution in [3.8, 4) is 0 Å². The summed E-state index contributed by atoms with van der Waals surface area (Å²) in [6, 6.07) is 5.85. The van der Waals surface area contributed by atoms with Crippen molar-refractivity contribution < 1.29 is 5.11 Å². The van der Waals surface area contributed by atoms with E-state index in [1.807, 2.05) is 18.2 Å². The second-order valence-corrected chi connectivity index (χ2v) is 5.28. The Balaban J connectivity index is 1.96. The maximum Gasteiger partial charge on any atom is 0.323 e. The molecule has 1 atom stereocenters. The lowest BCUT2D eigenvalue weighted by Crippen LogP contribution is -2.28. The van der Waals surface area contributed by atoms with Crippen molar-refractivity contribution in [3.63, 3.8) is 0 Å². The molecule has 0 bridgehead atoms. The molecule has 5 nitrogen and oxygen atoms in total. The van der Waals surface area contributed by atoms with Crippen LogP contribution in [0.2, 0.25) is 0 Å². The molecule has 0 saturated heterocycles. The first-order chi connectivity index (χ1) is 9.10. The molecule has 2 aromatic rings. The normalized spacial score (nSPS) is 13.3. The minimum Gasteiger partial charge on any atom is -0.396 e. The number of hydrogen-bond acceptors (Lipinski definition) is 3. The first-order valence-electron chi connectivity index (χ1n) is 6.62. The summed E-state index contributed by atoms with van der Waals surface area (Å²) < 4.78 is 0. The predicted octanol–water partition coefficient (Wildman–Crippen LogP) is 1.21. The molecule has 1 aromatic heterocycles. The zero-order valence-electron chi connectivity index (χ0n) is 11.4. The monoisotopic (exact) mass is 263 g/mol. The van der Waals surface area contributed by atoms with Gasteiger partial charge in [0, 0.05) is 19.7 Å². The molecule has 1 aromatic carbocycles. The van der Waals surface area contributed by atoms with Crippen molar-refractivity contribution in [2.75, 3.05) is 13.2 Å². The largest absolute Gasteiger partial charge is 0.396 e. The fraction of sp³-hybridized carbons (Fsp3) is 0.500. The Bertz CT molecular complexity index is 586. The molecule has 0 aliphatic heterocycles. The summed E-state index contributed by atoms with van der Waals surface area (Å²) in [6.07, 6.45) is 0. The number of fused-ring (bicyclic) bond motifs is 1. The quantitative estimate of drug-likeness (QED) is 0.632. The van der Waals surface area contributed by atoms with E-state index in [1.165, 1.54) is 0 Å². The molecule has 1 unspecified atom stereocenters. The Morgan fingerprint density at radius 1 is 1.26 bits per heavy atom. The van der Waals surface area contributed by atoms with E-state index in [9.17, 15) is 9.90 Å². The van der Waals surface area contributed by atoms with Crippen molar-refractivity contribution in [3.05, 3.63) is 34.2 Å². The zero-order chi connectivity index (χ0) is 13.8. The van der Waals surface area contributed by atoms with Crippen LogP contribution >= 0.6 is 0 Å². The average Bonchev–Trinajstić information content (AvgIpc) is 2.73. The molecule has 0 radical (unpaired) electrons. The molecule has 1 heterocycles. The number of aliphatic hydroxyl groups is 1. The van der Waals surface area contributed by atoms with Gasteiger partial charge in [0.25, 0.3) is 0 Å². The van der Waals surface area contributed by atoms with Crippen LogP contribution in [0.5, 0.6) is 0 Å². The summed E-state index contributed by atoms with van der Waals surface area (Å²) in [5.74, 6) is 0.733. The predicted molar refractivity (Wildman–Crippen MR) is 76.0 cm³/mol. The molecule has 0 aliphatic carbocycles. The Hall–Kier alpha value is -1.59. The summed E-state index contributed by atoms with van der Waals surface area (Å²) in [5, 5.41) is 12.6. The van der Waals surface area contributed by atoms with Gasteiger partial charge in [-0.1, -0.05) is 19.9 Å². The SMILES string of the molecule is CC(C)C(CO)CNCc1ccc2[nH]c(=O)[nH]c2c1. The zero-order valence-corrected chi connectivity index (χ0v) is 11.4. The van der Waals surface area contributed by atoms with Crippen LogP contribution in [0.4, 0.5) is 0 Å². The van der Waals surface area contributed by atoms with Crippen LogP contribution in [0.15, 0.2) is 23.0 Å². The van der Waals surface area contributed by atoms with Gasteiger partial charge >= 0.3 is 5.69 Å². The molecule has 4 N–H and O–H groups in total. The van der Waals surface area contributed by atoms with Gasteiger partial charge in [0.15, 0.2) is 0 Å². The van der Waals surface area contributed by atoms with Crippen molar-refractivity contribution in [2.45, 2.75) is 20.4 Å². The number of benzene rings is 1. The second-order valence-electron chi connectivity index (χ2n) is 5.28. The van der Waals surface area contributed by atoms with E-state index in [1.54, 1.807) is 0 Å². The van der Waals surface area contributed by atoms with E-state index in [0.717, 1.165) is 29.7 Å². The third-order valence-electron chi connectivity index (χ3n) is 3.49. The van der Waals surface area contributed by atoms with Crippen LogP contribution in [0.25, 0.3) is 11.0 Å². The third kappa shape index (κ3) is 3.45. The summed E-state index contributed by atoms with van der Waals surface area (Å²) in [5.41, 5.74) is 2.58. The highest BCUT2D eigenvalue weighted by Crippen LogP contribution is 2.11. The van der Waals surface area contributed by atoms with Gasteiger partial charge in [-0.2, -0.15) is 0 Å². The van der Waals surface area contributed by atoms with E-state index in [2.05, 4.69) is 29.1 Å². The number of imidazole rings is 1. The maximum absolute atomic E-state index is 11.2. The smallest absolute Gasteiger partial charge is 0.323 e. The van der Waals surface area contributed by atoms with Gasteiger partial charge < -0.3 is 20.4 Å². The third-order valence-corrected chi connectivity index (χ3v) is 3.49. The lowest BCUT2D eigenvalue weighted by Gasteiger charge is -2.18. The van der Waals surface area contributed by atoms with Crippen LogP contribution in [0, 0.1) is 11.8 Å². The van der Waals surface area contributed by atoms with E-state index in [0.29, 0.717) is 5.92 Å². The standard InChI is InChI=1S/C14H21N3O2/c1-9(2)11(8-18)7-15-6-10-3-4-12-13(5-10)17-14(19)16-12/h3-5,9,11,15,18H,6-8H2,1-2H3,(H2,16,17,19). The molecular formula is C14H21N3O2. The van der Waals surface area contributed by atoms with Crippen molar-refractivity contribution in [2.24, 2.45) is 11.8 Å². The van der Waals surface area contributed by atoms with Crippen molar-refractivity contribution in [1.82, 2.24) is 15.3 Å². The Morgan fingerprint density at radius 2 is 2.00 bits per heavy atom. The Morgan fingerprint density at radius 3 is 2.68 bits per heavy atom. The van der Waals surface area contributed by atoms with Crippen molar-refractivity contribution in [1.29, 1.82) is 0 Å². The summed E-state index contributed by atoms with van der Waals surface area (Å²) in [4.78, 5) is 16.6. The number of aliphatic hydroxyl groups excluding tert-OH is 1. The topological polar surface area (TPSA) is 80.9 Å². The molecule has 104 valence electrons. The van der Waals surface area contributed by atoms with E-state index >= 15 is 0 Å². The number of aromatic nitrogens is 2. The summed E-state index contributed by atoms with van der Waals surface area (Å²) in [7, 11) is 0. The summed E-state index contributed by atoms with van der Waals surface area (Å²) in [6.45, 7) is 5.94.